The Labute approximate surface area is 72.2 Å². The number of carbonyl (C=O) groups excluding carboxylic acids is 2. The number of rotatable bonds is 4. The number of aliphatic hydroxyl groups is 2. The molecule has 0 aliphatic carbocycles. The second kappa shape index (κ2) is 10.3. The minimum absolute atomic E-state index is 0.0185. The second-order valence-corrected chi connectivity index (χ2v) is 2.23. The molecule has 0 unspecified atom stereocenters. The normalized spacial score (nSPS) is 8.33. The summed E-state index contributed by atoms with van der Waals surface area (Å²) < 4.78 is 0. The molecule has 4 nitrogen and oxygen atoms in total. The molecule has 0 radical (unpaired) electrons. The van der Waals surface area contributed by atoms with Crippen molar-refractivity contribution in [2.24, 2.45) is 0 Å². The molecular weight excluding hydrogens is 160 g/mol. The monoisotopic (exact) mass is 176 g/mol. The predicted molar refractivity (Wildman–Crippen MR) is 44.8 cm³/mol. The van der Waals surface area contributed by atoms with Crippen LogP contribution in [0.1, 0.15) is 26.7 Å². The van der Waals surface area contributed by atoms with Gasteiger partial charge in [0, 0.05) is 19.4 Å². The van der Waals surface area contributed by atoms with Crippen LogP contribution in [0.15, 0.2) is 0 Å². The summed E-state index contributed by atoms with van der Waals surface area (Å²) in [5.41, 5.74) is 0. The van der Waals surface area contributed by atoms with Crippen LogP contribution in [0.3, 0.4) is 0 Å². The van der Waals surface area contributed by atoms with Gasteiger partial charge in [0.05, 0.1) is 0 Å². The molecule has 0 spiro atoms. The topological polar surface area (TPSA) is 74.6 Å². The standard InChI is InChI=1S/2C4H8O2/c1-4(6)2-3-5;1-2-4(6)3-5/h2*5H,2-3H2,1H3. The maximum Gasteiger partial charge on any atom is 0.157 e. The summed E-state index contributed by atoms with van der Waals surface area (Å²) in [5.74, 6) is -0.0625. The van der Waals surface area contributed by atoms with Crippen LogP contribution in [0.5, 0.6) is 0 Å². The number of aliphatic hydroxyl groups excluding tert-OH is 2. The van der Waals surface area contributed by atoms with E-state index in [2.05, 4.69) is 0 Å². The van der Waals surface area contributed by atoms with Gasteiger partial charge in [-0.15, -0.1) is 0 Å². The Balaban J connectivity index is 0. The van der Waals surface area contributed by atoms with Crippen molar-refractivity contribution in [2.75, 3.05) is 13.2 Å². The van der Waals surface area contributed by atoms with Crippen LogP contribution in [0, 0.1) is 0 Å². The molecule has 0 aliphatic heterocycles. The van der Waals surface area contributed by atoms with Crippen molar-refractivity contribution in [3.8, 4) is 0 Å². The highest BCUT2D eigenvalue weighted by molar-refractivity contribution is 5.78. The number of ketones is 2. The van der Waals surface area contributed by atoms with Crippen LogP contribution in [-0.4, -0.2) is 35.0 Å². The lowest BCUT2D eigenvalue weighted by Crippen LogP contribution is -1.99. The molecule has 72 valence electrons. The van der Waals surface area contributed by atoms with Crippen molar-refractivity contribution in [2.45, 2.75) is 26.7 Å². The Kier molecular flexibility index (Phi) is 11.8. The fourth-order valence-electron chi connectivity index (χ4n) is 0.269. The summed E-state index contributed by atoms with van der Waals surface area (Å²) in [5, 5.41) is 16.0. The maximum absolute atomic E-state index is 9.93. The largest absolute Gasteiger partial charge is 0.396 e. The third-order valence-electron chi connectivity index (χ3n) is 1.03. The van der Waals surface area contributed by atoms with Gasteiger partial charge in [-0.2, -0.15) is 0 Å². The first-order chi connectivity index (χ1) is 5.58. The fourth-order valence-corrected chi connectivity index (χ4v) is 0.269. The van der Waals surface area contributed by atoms with Crippen molar-refractivity contribution < 1.29 is 19.8 Å². The number of carbonyl (C=O) groups is 2. The first kappa shape index (κ1) is 13.8. The van der Waals surface area contributed by atoms with Gasteiger partial charge in [0.1, 0.15) is 12.4 Å². The lowest BCUT2D eigenvalue weighted by Gasteiger charge is -1.81. The molecule has 0 aromatic rings. The van der Waals surface area contributed by atoms with E-state index in [0.29, 0.717) is 12.8 Å². The van der Waals surface area contributed by atoms with E-state index >= 15 is 0 Å². The molecule has 0 aromatic heterocycles. The van der Waals surface area contributed by atoms with E-state index in [0.717, 1.165) is 0 Å². The Morgan fingerprint density at radius 1 is 1.25 bits per heavy atom. The third kappa shape index (κ3) is 16.1. The Bertz CT molecular complexity index is 125. The van der Waals surface area contributed by atoms with Crippen LogP contribution in [0.2, 0.25) is 0 Å². The highest BCUT2D eigenvalue weighted by Crippen LogP contribution is 1.74. The summed E-state index contributed by atoms with van der Waals surface area (Å²) in [6, 6.07) is 0. The van der Waals surface area contributed by atoms with Gasteiger partial charge in [0.2, 0.25) is 0 Å². The third-order valence-corrected chi connectivity index (χ3v) is 1.03. The van der Waals surface area contributed by atoms with E-state index in [4.69, 9.17) is 10.2 Å². The zero-order chi connectivity index (χ0) is 9.98. The van der Waals surface area contributed by atoms with E-state index in [-0.39, 0.29) is 24.8 Å². The molecule has 0 aliphatic rings. The average molecular weight is 176 g/mol. The smallest absolute Gasteiger partial charge is 0.157 e. The molecule has 0 fully saturated rings. The van der Waals surface area contributed by atoms with Gasteiger partial charge in [-0.05, 0) is 6.92 Å². The van der Waals surface area contributed by atoms with Crippen molar-refractivity contribution in [1.29, 1.82) is 0 Å². The Morgan fingerprint density at radius 2 is 1.75 bits per heavy atom. The summed E-state index contributed by atoms with van der Waals surface area (Å²) >= 11 is 0. The minimum atomic E-state index is -0.309. The van der Waals surface area contributed by atoms with Crippen LogP contribution in [-0.2, 0) is 9.59 Å². The van der Waals surface area contributed by atoms with Crippen molar-refractivity contribution in [1.82, 2.24) is 0 Å². The van der Waals surface area contributed by atoms with Gasteiger partial charge >= 0.3 is 0 Å². The summed E-state index contributed by atoms with van der Waals surface area (Å²) in [7, 11) is 0. The van der Waals surface area contributed by atoms with Gasteiger partial charge in [0.25, 0.3) is 0 Å². The van der Waals surface area contributed by atoms with Crippen LogP contribution in [0.25, 0.3) is 0 Å². The highest BCUT2D eigenvalue weighted by Gasteiger charge is 1.88. The van der Waals surface area contributed by atoms with Crippen molar-refractivity contribution >= 4 is 11.6 Å². The van der Waals surface area contributed by atoms with E-state index in [9.17, 15) is 9.59 Å². The molecule has 4 heteroatoms. The molecule has 0 saturated carbocycles. The van der Waals surface area contributed by atoms with E-state index in [1.807, 2.05) is 0 Å². The summed E-state index contributed by atoms with van der Waals surface area (Å²) in [6.07, 6.45) is 0.733. The number of hydrogen-bond acceptors (Lipinski definition) is 4. The van der Waals surface area contributed by atoms with Gasteiger partial charge in [0.15, 0.2) is 5.78 Å². The molecule has 0 heterocycles. The molecule has 0 aromatic carbocycles. The molecule has 2 N–H and O–H groups in total. The number of hydrogen-bond donors (Lipinski definition) is 2. The van der Waals surface area contributed by atoms with Crippen molar-refractivity contribution in [3.05, 3.63) is 0 Å². The minimum Gasteiger partial charge on any atom is -0.396 e. The molecule has 0 amide bonds. The lowest BCUT2D eigenvalue weighted by atomic mass is 10.3. The first-order valence-corrected chi connectivity index (χ1v) is 3.81. The fraction of sp³-hybridized carbons (Fsp3) is 0.750. The van der Waals surface area contributed by atoms with Gasteiger partial charge < -0.3 is 10.2 Å². The predicted octanol–water partition coefficient (Wildman–Crippen LogP) is -0.0844. The molecule has 0 rings (SSSR count). The molecular formula is C8H16O4. The number of Topliss-reactive ketones (excluding diaryl/α,β-unsaturated/α-hetero) is 2. The van der Waals surface area contributed by atoms with Crippen LogP contribution < -0.4 is 0 Å². The SMILES string of the molecule is CC(=O)CCO.CCC(=O)CO. The van der Waals surface area contributed by atoms with Gasteiger partial charge in [-0.25, -0.2) is 0 Å². The van der Waals surface area contributed by atoms with E-state index in [1.165, 1.54) is 6.92 Å². The van der Waals surface area contributed by atoms with Gasteiger partial charge in [-0.3, -0.25) is 9.59 Å². The Hall–Kier alpha value is -0.740. The molecule has 0 bridgehead atoms. The molecule has 0 atom stereocenters. The highest BCUT2D eigenvalue weighted by atomic mass is 16.3. The van der Waals surface area contributed by atoms with Crippen molar-refractivity contribution in [3.63, 3.8) is 0 Å². The summed E-state index contributed by atoms with van der Waals surface area (Å²) in [6.45, 7) is 2.85. The maximum atomic E-state index is 9.93. The summed E-state index contributed by atoms with van der Waals surface area (Å²) in [4.78, 5) is 19.8. The van der Waals surface area contributed by atoms with E-state index in [1.54, 1.807) is 6.92 Å². The van der Waals surface area contributed by atoms with Crippen LogP contribution in [0.4, 0.5) is 0 Å². The zero-order valence-corrected chi connectivity index (χ0v) is 7.54. The average Bonchev–Trinajstić information content (AvgIpc) is 2.04. The lowest BCUT2D eigenvalue weighted by molar-refractivity contribution is -0.121. The van der Waals surface area contributed by atoms with Crippen LogP contribution >= 0.6 is 0 Å². The quantitative estimate of drug-likeness (QED) is 0.628. The zero-order valence-electron chi connectivity index (χ0n) is 7.54. The second-order valence-electron chi connectivity index (χ2n) is 2.23. The van der Waals surface area contributed by atoms with Gasteiger partial charge in [-0.1, -0.05) is 6.92 Å². The molecule has 12 heavy (non-hydrogen) atoms. The molecule has 0 saturated heterocycles. The first-order valence-electron chi connectivity index (χ1n) is 3.81. The van der Waals surface area contributed by atoms with E-state index < -0.39 is 0 Å². The Morgan fingerprint density at radius 3 is 1.75 bits per heavy atom.